The molecule has 31 heavy (non-hydrogen) atoms. The van der Waals surface area contributed by atoms with Crippen molar-refractivity contribution in [3.63, 3.8) is 0 Å². The summed E-state index contributed by atoms with van der Waals surface area (Å²) in [5.41, 5.74) is 1.64. The van der Waals surface area contributed by atoms with E-state index in [0.29, 0.717) is 47.2 Å². The van der Waals surface area contributed by atoms with Crippen molar-refractivity contribution >= 4 is 47.2 Å². The molecule has 0 radical (unpaired) electrons. The lowest BCUT2D eigenvalue weighted by Crippen LogP contribution is -2.30. The van der Waals surface area contributed by atoms with Crippen LogP contribution < -0.4 is 20.1 Å². The predicted octanol–water partition coefficient (Wildman–Crippen LogP) is 4.65. The van der Waals surface area contributed by atoms with Crippen LogP contribution in [-0.2, 0) is 6.42 Å². The van der Waals surface area contributed by atoms with E-state index in [1.54, 1.807) is 26.4 Å². The Morgan fingerprint density at radius 3 is 2.65 bits per heavy atom. The van der Waals surface area contributed by atoms with E-state index in [-0.39, 0.29) is 24.0 Å². The fraction of sp³-hybridized carbons (Fsp3) is 0.286. The van der Waals surface area contributed by atoms with Gasteiger partial charge in [-0.15, -0.1) is 24.0 Å². The van der Waals surface area contributed by atoms with Crippen LogP contribution in [-0.4, -0.2) is 43.4 Å². The number of methoxy groups -OCH3 is 2. The topological polar surface area (TPSA) is 93.8 Å². The van der Waals surface area contributed by atoms with Gasteiger partial charge in [-0.05, 0) is 31.2 Å². The number of aliphatic imine (C=N–C) groups is 1. The number of halogens is 2. The molecule has 0 fully saturated rings. The van der Waals surface area contributed by atoms with E-state index in [0.717, 1.165) is 17.8 Å². The molecular weight excluding hydrogens is 533 g/mol. The molecule has 0 atom stereocenters. The molecule has 0 spiro atoms. The standard InChI is InChI=1S/C21H24ClN5O3.HI/c1-4-23-21(25-16-8-9-17(28-2)18(13-16)29-3)24-11-10-19-26-20(27-30-19)14-6-5-7-15(22)12-14;/h5-9,12-13H,4,10-11H2,1-3H3,(H2,23,24,25);1H. The molecule has 0 amide bonds. The summed E-state index contributed by atoms with van der Waals surface area (Å²) in [5, 5.41) is 11.1. The van der Waals surface area contributed by atoms with Crippen LogP contribution in [0, 0.1) is 0 Å². The van der Waals surface area contributed by atoms with Crippen molar-refractivity contribution < 1.29 is 14.0 Å². The molecule has 3 aromatic rings. The fourth-order valence-electron chi connectivity index (χ4n) is 2.72. The van der Waals surface area contributed by atoms with E-state index in [2.05, 4.69) is 25.8 Å². The Hall–Kier alpha value is -2.53. The number of nitrogens with zero attached hydrogens (tertiary/aromatic N) is 3. The van der Waals surface area contributed by atoms with Crippen molar-refractivity contribution in [3.8, 4) is 22.9 Å². The smallest absolute Gasteiger partial charge is 0.228 e. The molecule has 1 aromatic heterocycles. The Balaban J connectivity index is 0.00000341. The zero-order valence-electron chi connectivity index (χ0n) is 17.5. The molecule has 0 bridgehead atoms. The van der Waals surface area contributed by atoms with Gasteiger partial charge in [-0.1, -0.05) is 28.9 Å². The third-order valence-electron chi connectivity index (χ3n) is 4.14. The van der Waals surface area contributed by atoms with E-state index in [1.165, 1.54) is 0 Å². The average Bonchev–Trinajstić information content (AvgIpc) is 3.23. The third kappa shape index (κ3) is 7.00. The van der Waals surface area contributed by atoms with Gasteiger partial charge in [-0.2, -0.15) is 4.98 Å². The van der Waals surface area contributed by atoms with Gasteiger partial charge in [0.15, 0.2) is 17.5 Å². The minimum atomic E-state index is 0. The number of hydrogen-bond donors (Lipinski definition) is 2. The highest BCUT2D eigenvalue weighted by Crippen LogP contribution is 2.29. The van der Waals surface area contributed by atoms with Crippen molar-refractivity contribution in [2.45, 2.75) is 13.3 Å². The molecule has 0 aliphatic rings. The summed E-state index contributed by atoms with van der Waals surface area (Å²) < 4.78 is 15.9. The maximum absolute atomic E-state index is 6.02. The van der Waals surface area contributed by atoms with Crippen LogP contribution in [0.15, 0.2) is 52.0 Å². The van der Waals surface area contributed by atoms with Crippen molar-refractivity contribution in [1.82, 2.24) is 15.5 Å². The maximum atomic E-state index is 6.02. The number of nitrogens with one attached hydrogen (secondary N) is 2. The molecule has 2 N–H and O–H groups in total. The Kier molecular flexibility index (Phi) is 9.86. The van der Waals surface area contributed by atoms with Gasteiger partial charge in [-0.3, -0.25) is 4.99 Å². The van der Waals surface area contributed by atoms with Crippen LogP contribution in [0.4, 0.5) is 5.69 Å². The second kappa shape index (κ2) is 12.4. The predicted molar refractivity (Wildman–Crippen MR) is 133 cm³/mol. The molecular formula is C21H25ClIN5O3. The molecule has 8 nitrogen and oxygen atoms in total. The minimum Gasteiger partial charge on any atom is -0.493 e. The zero-order valence-corrected chi connectivity index (χ0v) is 20.6. The second-order valence-electron chi connectivity index (χ2n) is 6.23. The van der Waals surface area contributed by atoms with Gasteiger partial charge < -0.3 is 24.6 Å². The molecule has 1 heterocycles. The number of guanidine groups is 1. The van der Waals surface area contributed by atoms with Crippen LogP contribution in [0.2, 0.25) is 5.02 Å². The van der Waals surface area contributed by atoms with Crippen molar-refractivity contribution in [3.05, 3.63) is 53.4 Å². The van der Waals surface area contributed by atoms with Crippen LogP contribution >= 0.6 is 35.6 Å². The molecule has 2 aromatic carbocycles. The summed E-state index contributed by atoms with van der Waals surface area (Å²) >= 11 is 6.02. The number of anilines is 1. The average molecular weight is 558 g/mol. The van der Waals surface area contributed by atoms with E-state index >= 15 is 0 Å². The summed E-state index contributed by atoms with van der Waals surface area (Å²) in [6.45, 7) is 3.19. The molecule has 10 heteroatoms. The molecule has 0 unspecified atom stereocenters. The Morgan fingerprint density at radius 1 is 1.13 bits per heavy atom. The monoisotopic (exact) mass is 557 g/mol. The van der Waals surface area contributed by atoms with Gasteiger partial charge in [0.2, 0.25) is 11.7 Å². The normalized spacial score (nSPS) is 10.9. The minimum absolute atomic E-state index is 0. The van der Waals surface area contributed by atoms with E-state index in [9.17, 15) is 0 Å². The number of aromatic nitrogens is 2. The second-order valence-corrected chi connectivity index (χ2v) is 6.66. The van der Waals surface area contributed by atoms with Crippen LogP contribution in [0.1, 0.15) is 12.8 Å². The summed E-state index contributed by atoms with van der Waals surface area (Å²) in [5.74, 6) is 2.96. The first-order valence-corrected chi connectivity index (χ1v) is 9.86. The molecule has 0 saturated carbocycles. The van der Waals surface area contributed by atoms with Gasteiger partial charge in [0.1, 0.15) is 0 Å². The molecule has 0 aliphatic heterocycles. The van der Waals surface area contributed by atoms with Crippen LogP contribution in [0.5, 0.6) is 11.5 Å². The lowest BCUT2D eigenvalue weighted by molar-refractivity contribution is 0.355. The Morgan fingerprint density at radius 2 is 1.94 bits per heavy atom. The first-order valence-electron chi connectivity index (χ1n) is 9.48. The zero-order chi connectivity index (χ0) is 21.3. The van der Waals surface area contributed by atoms with E-state index in [4.69, 9.17) is 25.6 Å². The quantitative estimate of drug-likeness (QED) is 0.237. The number of rotatable bonds is 8. The largest absolute Gasteiger partial charge is 0.493 e. The summed E-state index contributed by atoms with van der Waals surface area (Å²) in [7, 11) is 3.20. The summed E-state index contributed by atoms with van der Waals surface area (Å²) in [6.07, 6.45) is 0.510. The first-order chi connectivity index (χ1) is 14.6. The molecule has 166 valence electrons. The highest BCUT2D eigenvalue weighted by Gasteiger charge is 2.10. The lowest BCUT2D eigenvalue weighted by Gasteiger charge is -2.13. The van der Waals surface area contributed by atoms with E-state index in [1.807, 2.05) is 37.3 Å². The van der Waals surface area contributed by atoms with E-state index < -0.39 is 0 Å². The SMILES string of the molecule is CCNC(=NCCc1nc(-c2cccc(Cl)c2)no1)Nc1ccc(OC)c(OC)c1.I. The lowest BCUT2D eigenvalue weighted by atomic mass is 10.2. The highest BCUT2D eigenvalue weighted by molar-refractivity contribution is 14.0. The third-order valence-corrected chi connectivity index (χ3v) is 4.37. The summed E-state index contributed by atoms with van der Waals surface area (Å²) in [6, 6.07) is 12.9. The van der Waals surface area contributed by atoms with Crippen LogP contribution in [0.25, 0.3) is 11.4 Å². The number of ether oxygens (including phenoxy) is 2. The van der Waals surface area contributed by atoms with Gasteiger partial charge in [0, 0.05) is 35.3 Å². The Bertz CT molecular complexity index is 1010. The van der Waals surface area contributed by atoms with Crippen molar-refractivity contribution in [2.24, 2.45) is 4.99 Å². The highest BCUT2D eigenvalue weighted by atomic mass is 127. The molecule has 0 aliphatic carbocycles. The van der Waals surface area contributed by atoms with Crippen molar-refractivity contribution in [1.29, 1.82) is 0 Å². The number of benzene rings is 2. The summed E-state index contributed by atoms with van der Waals surface area (Å²) in [4.78, 5) is 8.98. The van der Waals surface area contributed by atoms with Gasteiger partial charge >= 0.3 is 0 Å². The van der Waals surface area contributed by atoms with Gasteiger partial charge in [-0.25, -0.2) is 0 Å². The Labute approximate surface area is 203 Å². The van der Waals surface area contributed by atoms with Gasteiger partial charge in [0.25, 0.3) is 0 Å². The number of hydrogen-bond acceptors (Lipinski definition) is 6. The molecule has 3 rings (SSSR count). The first kappa shape index (κ1) is 24.7. The molecule has 0 saturated heterocycles. The van der Waals surface area contributed by atoms with Crippen LogP contribution in [0.3, 0.4) is 0 Å². The maximum Gasteiger partial charge on any atom is 0.228 e. The van der Waals surface area contributed by atoms with Gasteiger partial charge in [0.05, 0.1) is 20.8 Å². The fourth-order valence-corrected chi connectivity index (χ4v) is 2.91. The van der Waals surface area contributed by atoms with Crippen molar-refractivity contribution in [2.75, 3.05) is 32.6 Å².